The van der Waals surface area contributed by atoms with Crippen molar-refractivity contribution in [1.29, 1.82) is 0 Å². The van der Waals surface area contributed by atoms with Crippen molar-refractivity contribution in [3.8, 4) is 11.3 Å². The third-order valence-corrected chi connectivity index (χ3v) is 5.47. The number of hydrogen-bond acceptors (Lipinski definition) is 5. The maximum Gasteiger partial charge on any atom is 0.254 e. The van der Waals surface area contributed by atoms with E-state index in [1.807, 2.05) is 31.7 Å². The summed E-state index contributed by atoms with van der Waals surface area (Å²) in [6.07, 6.45) is 2.72. The largest absolute Gasteiger partial charge is 0.402 e. The minimum absolute atomic E-state index is 0.108. The molecule has 0 bridgehead atoms. The Hall–Kier alpha value is -3.94. The van der Waals surface area contributed by atoms with E-state index in [0.29, 0.717) is 28.2 Å². The summed E-state index contributed by atoms with van der Waals surface area (Å²) in [6.45, 7) is 11.2. The molecule has 0 spiro atoms. The maximum atomic E-state index is 13.2. The first-order valence-corrected chi connectivity index (χ1v) is 10.2. The summed E-state index contributed by atoms with van der Waals surface area (Å²) in [7, 11) is 0. The molecule has 1 atom stereocenters. The van der Waals surface area contributed by atoms with Gasteiger partial charge >= 0.3 is 0 Å². The first-order chi connectivity index (χ1) is 15.0. The smallest absolute Gasteiger partial charge is 0.254 e. The number of aromatic nitrogens is 1. The van der Waals surface area contributed by atoms with Crippen molar-refractivity contribution in [3.63, 3.8) is 0 Å². The van der Waals surface area contributed by atoms with Crippen LogP contribution < -0.4 is 16.8 Å². The molecule has 2 amide bonds. The van der Waals surface area contributed by atoms with E-state index in [2.05, 4.69) is 21.9 Å². The molecule has 0 radical (unpaired) electrons. The van der Waals surface area contributed by atoms with Gasteiger partial charge in [0.25, 0.3) is 5.91 Å². The highest BCUT2D eigenvalue weighted by Crippen LogP contribution is 2.41. The van der Waals surface area contributed by atoms with Gasteiger partial charge in [0.1, 0.15) is 5.84 Å². The highest BCUT2D eigenvalue weighted by molar-refractivity contribution is 6.00. The number of anilines is 1. The molecule has 8 heteroatoms. The Balaban J connectivity index is 2.08. The van der Waals surface area contributed by atoms with Crippen LogP contribution in [0.3, 0.4) is 0 Å². The van der Waals surface area contributed by atoms with E-state index in [-0.39, 0.29) is 35.0 Å². The second kappa shape index (κ2) is 8.66. The molecule has 3 rings (SSSR count). The number of carbonyl (C=O) groups is 2. The van der Waals surface area contributed by atoms with E-state index in [9.17, 15) is 9.59 Å². The van der Waals surface area contributed by atoms with Gasteiger partial charge in [0.15, 0.2) is 5.82 Å². The number of pyridine rings is 1. The molecule has 32 heavy (non-hydrogen) atoms. The quantitative estimate of drug-likeness (QED) is 0.279. The molecule has 1 aliphatic heterocycles. The number of rotatable bonds is 6. The van der Waals surface area contributed by atoms with Crippen molar-refractivity contribution in [2.75, 3.05) is 5.32 Å². The zero-order valence-corrected chi connectivity index (χ0v) is 18.7. The van der Waals surface area contributed by atoms with Crippen LogP contribution in [0.5, 0.6) is 0 Å². The number of hydrogen-bond donors (Lipinski definition) is 3. The van der Waals surface area contributed by atoms with Crippen molar-refractivity contribution < 1.29 is 9.59 Å². The van der Waals surface area contributed by atoms with Crippen molar-refractivity contribution in [2.24, 2.45) is 16.5 Å². The van der Waals surface area contributed by atoms with Gasteiger partial charge in [-0.05, 0) is 64.1 Å². The SMILES string of the molecule is C=CC(=O)Nc1cccc(-c2cc(C(=O)N3C(C)C3(C)C)cc(N=C(N)/C=C(/C)N)n2)c1. The fourth-order valence-electron chi connectivity index (χ4n) is 3.45. The molecule has 0 aliphatic carbocycles. The lowest BCUT2D eigenvalue weighted by Gasteiger charge is -2.11. The molecule has 2 heterocycles. The Bertz CT molecular complexity index is 1140. The van der Waals surface area contributed by atoms with E-state index < -0.39 is 0 Å². The van der Waals surface area contributed by atoms with Crippen molar-refractivity contribution >= 4 is 29.2 Å². The number of aliphatic imine (C=N–C) groups is 1. The van der Waals surface area contributed by atoms with Gasteiger partial charge in [-0.2, -0.15) is 0 Å². The lowest BCUT2D eigenvalue weighted by molar-refractivity contribution is -0.111. The first kappa shape index (κ1) is 22.7. The first-order valence-electron chi connectivity index (χ1n) is 10.2. The average molecular weight is 433 g/mol. The number of benzene rings is 1. The van der Waals surface area contributed by atoms with Crippen LogP contribution in [0.1, 0.15) is 38.1 Å². The average Bonchev–Trinajstić information content (AvgIpc) is 3.23. The Morgan fingerprint density at radius 1 is 1.25 bits per heavy atom. The Morgan fingerprint density at radius 2 is 1.94 bits per heavy atom. The third kappa shape index (κ3) is 4.85. The topological polar surface area (TPSA) is 126 Å². The van der Waals surface area contributed by atoms with E-state index in [4.69, 9.17) is 11.5 Å². The summed E-state index contributed by atoms with van der Waals surface area (Å²) in [5.74, 6) is 0.0378. The predicted octanol–water partition coefficient (Wildman–Crippen LogP) is 3.35. The zero-order valence-electron chi connectivity index (χ0n) is 18.7. The van der Waals surface area contributed by atoms with Crippen LogP contribution >= 0.6 is 0 Å². The van der Waals surface area contributed by atoms with E-state index in [1.165, 1.54) is 12.2 Å². The minimum atomic E-state index is -0.321. The van der Waals surface area contributed by atoms with Crippen LogP contribution in [0, 0.1) is 0 Å². The highest BCUT2D eigenvalue weighted by atomic mass is 16.2. The number of allylic oxidation sites excluding steroid dienone is 1. The lowest BCUT2D eigenvalue weighted by Crippen LogP contribution is -2.18. The van der Waals surface area contributed by atoms with Gasteiger partial charge in [-0.3, -0.25) is 9.59 Å². The van der Waals surface area contributed by atoms with Crippen LogP contribution in [0.2, 0.25) is 0 Å². The van der Waals surface area contributed by atoms with Crippen LogP contribution in [0.25, 0.3) is 11.3 Å². The normalized spacial score (nSPS) is 17.6. The Labute approximate surface area is 187 Å². The van der Waals surface area contributed by atoms with Gasteiger partial charge in [-0.1, -0.05) is 18.7 Å². The van der Waals surface area contributed by atoms with Crippen molar-refractivity contribution in [3.05, 3.63) is 66.4 Å². The fraction of sp³-hybridized carbons (Fsp3) is 0.250. The molecule has 8 nitrogen and oxygen atoms in total. The van der Waals surface area contributed by atoms with Gasteiger partial charge in [-0.25, -0.2) is 9.98 Å². The molecule has 0 saturated carbocycles. The van der Waals surface area contributed by atoms with Gasteiger partial charge in [-0.15, -0.1) is 0 Å². The number of carbonyl (C=O) groups excluding carboxylic acids is 2. The standard InChI is InChI=1S/C24H28N6O2/c1-6-22(31)27-18-9-7-8-16(11-18)19-12-17(23(32)30-15(3)24(30,4)5)13-21(28-19)29-20(26)10-14(2)25/h6-13,15H,1,25H2,2-5H3,(H,27,31)(H2,26,28,29)/b14-10-. The highest BCUT2D eigenvalue weighted by Gasteiger charge is 2.55. The van der Waals surface area contributed by atoms with Crippen molar-refractivity contribution in [2.45, 2.75) is 39.3 Å². The van der Waals surface area contributed by atoms with Crippen LogP contribution in [0.15, 0.2) is 65.8 Å². The van der Waals surface area contributed by atoms with E-state index in [1.54, 1.807) is 37.3 Å². The second-order valence-electron chi connectivity index (χ2n) is 8.30. The summed E-state index contributed by atoms with van der Waals surface area (Å²) in [5.41, 5.74) is 14.2. The van der Waals surface area contributed by atoms with Crippen LogP contribution in [0.4, 0.5) is 11.5 Å². The fourth-order valence-corrected chi connectivity index (χ4v) is 3.45. The van der Waals surface area contributed by atoms with Gasteiger partial charge in [0.05, 0.1) is 17.3 Å². The van der Waals surface area contributed by atoms with Crippen LogP contribution in [-0.4, -0.2) is 39.1 Å². The molecule has 1 aromatic heterocycles. The van der Waals surface area contributed by atoms with Gasteiger partial charge in [0, 0.05) is 22.5 Å². The second-order valence-corrected chi connectivity index (χ2v) is 8.30. The number of nitrogens with zero attached hydrogens (tertiary/aromatic N) is 3. The number of amidine groups is 1. The van der Waals surface area contributed by atoms with Crippen molar-refractivity contribution in [1.82, 2.24) is 9.88 Å². The molecule has 5 N–H and O–H groups in total. The summed E-state index contributed by atoms with van der Waals surface area (Å²) in [4.78, 5) is 35.6. The van der Waals surface area contributed by atoms with E-state index >= 15 is 0 Å². The molecular weight excluding hydrogens is 404 g/mol. The minimum Gasteiger partial charge on any atom is -0.402 e. The summed E-state index contributed by atoms with van der Waals surface area (Å²) in [5, 5.41) is 2.72. The van der Waals surface area contributed by atoms with Crippen LogP contribution in [-0.2, 0) is 4.79 Å². The molecule has 1 aromatic carbocycles. The molecule has 1 saturated heterocycles. The van der Waals surface area contributed by atoms with E-state index in [0.717, 1.165) is 0 Å². The third-order valence-electron chi connectivity index (χ3n) is 5.47. The number of nitrogens with two attached hydrogens (primary N) is 2. The Kier molecular flexibility index (Phi) is 6.16. The molecule has 2 aromatic rings. The Morgan fingerprint density at radius 3 is 2.53 bits per heavy atom. The maximum absolute atomic E-state index is 13.2. The van der Waals surface area contributed by atoms with Gasteiger partial charge < -0.3 is 21.7 Å². The molecule has 1 fully saturated rings. The molecule has 166 valence electrons. The molecule has 1 aliphatic rings. The monoisotopic (exact) mass is 432 g/mol. The molecule has 1 unspecified atom stereocenters. The summed E-state index contributed by atoms with van der Waals surface area (Å²) in [6, 6.07) is 10.6. The lowest BCUT2D eigenvalue weighted by atomic mass is 10.1. The molecular formula is C24H28N6O2. The zero-order chi connectivity index (χ0) is 23.6. The number of nitrogens with one attached hydrogen (secondary N) is 1. The summed E-state index contributed by atoms with van der Waals surface area (Å²) >= 11 is 0. The summed E-state index contributed by atoms with van der Waals surface area (Å²) < 4.78 is 0. The predicted molar refractivity (Wildman–Crippen MR) is 127 cm³/mol. The van der Waals surface area contributed by atoms with Gasteiger partial charge in [0.2, 0.25) is 5.91 Å². The number of amides is 2.